The van der Waals surface area contributed by atoms with Crippen molar-refractivity contribution in [3.05, 3.63) is 69.1 Å². The first-order chi connectivity index (χ1) is 12.0. The minimum Gasteiger partial charge on any atom is -0.353 e. The number of nitrogens with one attached hydrogen (secondary N) is 2. The molecule has 25 heavy (non-hydrogen) atoms. The SMILES string of the molecule is Cc1cnc(NC(=O)Cc2ccccc2Nc2c(Cl)cccc2Cl)s1. The first-order valence-electron chi connectivity index (χ1n) is 7.54. The molecule has 7 heteroatoms. The van der Waals surface area contributed by atoms with Crippen LogP contribution in [-0.4, -0.2) is 10.9 Å². The Bertz CT molecular complexity index is 891. The number of benzene rings is 2. The van der Waals surface area contributed by atoms with Gasteiger partial charge < -0.3 is 10.6 Å². The highest BCUT2D eigenvalue weighted by Gasteiger charge is 2.12. The van der Waals surface area contributed by atoms with Crippen molar-refractivity contribution in [1.82, 2.24) is 4.98 Å². The van der Waals surface area contributed by atoms with E-state index in [-0.39, 0.29) is 12.3 Å². The number of carbonyl (C=O) groups excluding carboxylic acids is 1. The number of carbonyl (C=O) groups is 1. The van der Waals surface area contributed by atoms with Crippen LogP contribution in [-0.2, 0) is 11.2 Å². The minimum absolute atomic E-state index is 0.131. The van der Waals surface area contributed by atoms with Crippen LogP contribution < -0.4 is 10.6 Å². The zero-order valence-electron chi connectivity index (χ0n) is 13.3. The Morgan fingerprint density at radius 2 is 1.84 bits per heavy atom. The Morgan fingerprint density at radius 3 is 2.52 bits per heavy atom. The number of aromatic nitrogens is 1. The topological polar surface area (TPSA) is 54.0 Å². The number of hydrogen-bond donors (Lipinski definition) is 2. The Morgan fingerprint density at radius 1 is 1.12 bits per heavy atom. The number of nitrogens with zero attached hydrogens (tertiary/aromatic N) is 1. The largest absolute Gasteiger partial charge is 0.353 e. The third-order valence-electron chi connectivity index (χ3n) is 3.46. The summed E-state index contributed by atoms with van der Waals surface area (Å²) in [6, 6.07) is 12.8. The van der Waals surface area contributed by atoms with E-state index in [2.05, 4.69) is 15.6 Å². The normalized spacial score (nSPS) is 10.5. The van der Waals surface area contributed by atoms with E-state index in [1.807, 2.05) is 31.2 Å². The maximum atomic E-state index is 12.3. The molecular formula is C18H15Cl2N3OS. The van der Waals surface area contributed by atoms with E-state index in [4.69, 9.17) is 23.2 Å². The fraction of sp³-hybridized carbons (Fsp3) is 0.111. The highest BCUT2D eigenvalue weighted by molar-refractivity contribution is 7.15. The Labute approximate surface area is 159 Å². The van der Waals surface area contributed by atoms with Crippen molar-refractivity contribution in [2.45, 2.75) is 13.3 Å². The lowest BCUT2D eigenvalue weighted by atomic mass is 10.1. The average molecular weight is 392 g/mol. The van der Waals surface area contributed by atoms with Crippen LogP contribution >= 0.6 is 34.5 Å². The van der Waals surface area contributed by atoms with Gasteiger partial charge in [-0.1, -0.05) is 47.5 Å². The molecule has 0 aliphatic rings. The fourth-order valence-electron chi connectivity index (χ4n) is 2.30. The molecule has 1 amide bonds. The zero-order valence-corrected chi connectivity index (χ0v) is 15.7. The van der Waals surface area contributed by atoms with Crippen LogP contribution in [0.2, 0.25) is 10.0 Å². The van der Waals surface area contributed by atoms with Crippen molar-refractivity contribution < 1.29 is 4.79 Å². The molecule has 3 aromatic rings. The minimum atomic E-state index is -0.131. The molecule has 0 radical (unpaired) electrons. The third-order valence-corrected chi connectivity index (χ3v) is 4.92. The molecule has 0 fully saturated rings. The summed E-state index contributed by atoms with van der Waals surface area (Å²) in [6.45, 7) is 1.94. The Balaban J connectivity index is 1.78. The van der Waals surface area contributed by atoms with Gasteiger partial charge in [-0.2, -0.15) is 0 Å². The van der Waals surface area contributed by atoms with Crippen molar-refractivity contribution in [2.75, 3.05) is 10.6 Å². The summed E-state index contributed by atoms with van der Waals surface area (Å²) in [6.07, 6.45) is 1.94. The molecular weight excluding hydrogens is 377 g/mol. The first kappa shape index (κ1) is 17.7. The molecule has 2 aromatic carbocycles. The molecule has 2 N–H and O–H groups in total. The molecule has 0 unspecified atom stereocenters. The van der Waals surface area contributed by atoms with Gasteiger partial charge in [0, 0.05) is 16.8 Å². The number of para-hydroxylation sites is 2. The van der Waals surface area contributed by atoms with Crippen molar-refractivity contribution in [2.24, 2.45) is 0 Å². The second-order valence-electron chi connectivity index (χ2n) is 5.38. The van der Waals surface area contributed by atoms with Crippen LogP contribution in [0.25, 0.3) is 0 Å². The second-order valence-corrected chi connectivity index (χ2v) is 7.43. The number of amides is 1. The standard InChI is InChI=1S/C18H15Cl2N3OS/c1-11-10-21-18(25-11)23-16(24)9-12-5-2-3-8-15(12)22-17-13(19)6-4-7-14(17)20/h2-8,10,22H,9H2,1H3,(H,21,23,24). The van der Waals surface area contributed by atoms with Crippen LogP contribution in [0.3, 0.4) is 0 Å². The molecule has 4 nitrogen and oxygen atoms in total. The van der Waals surface area contributed by atoms with E-state index in [0.717, 1.165) is 16.1 Å². The van der Waals surface area contributed by atoms with Gasteiger partial charge in [-0.05, 0) is 30.7 Å². The molecule has 0 aliphatic heterocycles. The van der Waals surface area contributed by atoms with E-state index in [9.17, 15) is 4.79 Å². The van der Waals surface area contributed by atoms with Crippen LogP contribution in [0.4, 0.5) is 16.5 Å². The summed E-state index contributed by atoms with van der Waals surface area (Å²) in [5.41, 5.74) is 2.24. The van der Waals surface area contributed by atoms with Crippen molar-refractivity contribution in [1.29, 1.82) is 0 Å². The van der Waals surface area contributed by atoms with Gasteiger partial charge in [-0.3, -0.25) is 4.79 Å². The summed E-state index contributed by atoms with van der Waals surface area (Å²) in [5.74, 6) is -0.131. The van der Waals surface area contributed by atoms with E-state index in [1.165, 1.54) is 11.3 Å². The number of hydrogen-bond acceptors (Lipinski definition) is 4. The summed E-state index contributed by atoms with van der Waals surface area (Å²) in [7, 11) is 0. The smallest absolute Gasteiger partial charge is 0.230 e. The molecule has 1 aromatic heterocycles. The molecule has 0 atom stereocenters. The third kappa shape index (κ3) is 4.51. The highest BCUT2D eigenvalue weighted by Crippen LogP contribution is 2.33. The lowest BCUT2D eigenvalue weighted by Gasteiger charge is -2.14. The maximum absolute atomic E-state index is 12.3. The molecule has 1 heterocycles. The maximum Gasteiger partial charge on any atom is 0.230 e. The number of halogens is 2. The van der Waals surface area contributed by atoms with Crippen LogP contribution in [0.5, 0.6) is 0 Å². The van der Waals surface area contributed by atoms with Crippen LogP contribution in [0, 0.1) is 6.92 Å². The van der Waals surface area contributed by atoms with E-state index < -0.39 is 0 Å². The lowest BCUT2D eigenvalue weighted by Crippen LogP contribution is -2.15. The van der Waals surface area contributed by atoms with Crippen LogP contribution in [0.1, 0.15) is 10.4 Å². The number of thiazole rings is 1. The molecule has 3 rings (SSSR count). The Kier molecular flexibility index (Phi) is 5.58. The van der Waals surface area contributed by atoms with Gasteiger partial charge >= 0.3 is 0 Å². The van der Waals surface area contributed by atoms with E-state index in [1.54, 1.807) is 24.4 Å². The van der Waals surface area contributed by atoms with Crippen LogP contribution in [0.15, 0.2) is 48.7 Å². The van der Waals surface area contributed by atoms with Gasteiger partial charge in [-0.25, -0.2) is 4.98 Å². The van der Waals surface area contributed by atoms with Gasteiger partial charge in [-0.15, -0.1) is 11.3 Å². The van der Waals surface area contributed by atoms with Gasteiger partial charge in [0.2, 0.25) is 5.91 Å². The van der Waals surface area contributed by atoms with E-state index in [0.29, 0.717) is 20.9 Å². The summed E-state index contributed by atoms with van der Waals surface area (Å²) >= 11 is 13.9. The summed E-state index contributed by atoms with van der Waals surface area (Å²) in [5, 5.41) is 7.68. The Hall–Kier alpha value is -2.08. The number of anilines is 3. The predicted octanol–water partition coefficient (Wildman–Crippen LogP) is 5.68. The van der Waals surface area contributed by atoms with Crippen molar-refractivity contribution in [3.63, 3.8) is 0 Å². The number of aryl methyl sites for hydroxylation is 1. The monoisotopic (exact) mass is 391 g/mol. The van der Waals surface area contributed by atoms with Gasteiger partial charge in [0.15, 0.2) is 5.13 Å². The van der Waals surface area contributed by atoms with Crippen molar-refractivity contribution in [3.8, 4) is 0 Å². The second kappa shape index (κ2) is 7.87. The molecule has 128 valence electrons. The molecule has 0 aliphatic carbocycles. The molecule has 0 saturated heterocycles. The lowest BCUT2D eigenvalue weighted by molar-refractivity contribution is -0.115. The summed E-state index contributed by atoms with van der Waals surface area (Å²) in [4.78, 5) is 17.5. The fourth-order valence-corrected chi connectivity index (χ4v) is 3.47. The molecule has 0 bridgehead atoms. The number of rotatable bonds is 5. The van der Waals surface area contributed by atoms with Gasteiger partial charge in [0.1, 0.15) is 0 Å². The van der Waals surface area contributed by atoms with Crippen molar-refractivity contribution >= 4 is 57.0 Å². The van der Waals surface area contributed by atoms with Gasteiger partial charge in [0.25, 0.3) is 0 Å². The average Bonchev–Trinajstić information content (AvgIpc) is 2.97. The van der Waals surface area contributed by atoms with E-state index >= 15 is 0 Å². The molecule has 0 spiro atoms. The van der Waals surface area contributed by atoms with Gasteiger partial charge in [0.05, 0.1) is 22.2 Å². The summed E-state index contributed by atoms with van der Waals surface area (Å²) < 4.78 is 0. The molecule has 0 saturated carbocycles. The quantitative estimate of drug-likeness (QED) is 0.587. The zero-order chi connectivity index (χ0) is 17.8. The first-order valence-corrected chi connectivity index (χ1v) is 9.11. The highest BCUT2D eigenvalue weighted by atomic mass is 35.5. The predicted molar refractivity (Wildman–Crippen MR) is 105 cm³/mol.